The first-order valence-electron chi connectivity index (χ1n) is 5.25. The van der Waals surface area contributed by atoms with Gasteiger partial charge in [0.25, 0.3) is 0 Å². The highest BCUT2D eigenvalue weighted by molar-refractivity contribution is 5.95. The summed E-state index contributed by atoms with van der Waals surface area (Å²) in [4.78, 5) is 10.9. The Morgan fingerprint density at radius 2 is 1.89 bits per heavy atom. The fraction of sp³-hybridized carbons (Fsp3) is 0. The predicted octanol–water partition coefficient (Wildman–Crippen LogP) is 1.72. The molecule has 1 heterocycles. The number of H-pyrrole nitrogens is 1. The quantitative estimate of drug-likeness (QED) is 0.711. The molecule has 0 aliphatic heterocycles. The SMILES string of the molecule is O=C(O)c1ccc2cc(-c3nn[nH]n3)ccc2c1. The first-order valence-corrected chi connectivity index (χ1v) is 5.25. The van der Waals surface area contributed by atoms with Crippen LogP contribution >= 0.6 is 0 Å². The highest BCUT2D eigenvalue weighted by atomic mass is 16.4. The van der Waals surface area contributed by atoms with Gasteiger partial charge in [-0.25, -0.2) is 4.79 Å². The van der Waals surface area contributed by atoms with Crippen molar-refractivity contribution in [1.29, 1.82) is 0 Å². The second kappa shape index (κ2) is 3.92. The Balaban J connectivity index is 2.14. The predicted molar refractivity (Wildman–Crippen MR) is 64.1 cm³/mol. The topological polar surface area (TPSA) is 91.8 Å². The number of hydrogen-bond acceptors (Lipinski definition) is 4. The number of carboxylic acids is 1. The normalized spacial score (nSPS) is 10.7. The van der Waals surface area contributed by atoms with Gasteiger partial charge in [-0.2, -0.15) is 5.21 Å². The van der Waals surface area contributed by atoms with Crippen LogP contribution in [0.2, 0.25) is 0 Å². The van der Waals surface area contributed by atoms with Crippen LogP contribution in [0.4, 0.5) is 0 Å². The van der Waals surface area contributed by atoms with Crippen molar-refractivity contribution in [2.75, 3.05) is 0 Å². The molecule has 88 valence electrons. The summed E-state index contributed by atoms with van der Waals surface area (Å²) in [5, 5.41) is 24.4. The molecule has 0 saturated heterocycles. The van der Waals surface area contributed by atoms with Crippen LogP contribution in [0.15, 0.2) is 36.4 Å². The Bertz CT molecular complexity index is 722. The largest absolute Gasteiger partial charge is 0.478 e. The van der Waals surface area contributed by atoms with Crippen molar-refractivity contribution in [3.63, 3.8) is 0 Å². The summed E-state index contributed by atoms with van der Waals surface area (Å²) in [6.07, 6.45) is 0. The molecular weight excluding hydrogens is 232 g/mol. The van der Waals surface area contributed by atoms with Gasteiger partial charge < -0.3 is 5.11 Å². The summed E-state index contributed by atoms with van der Waals surface area (Å²) in [5.74, 6) is -0.418. The zero-order chi connectivity index (χ0) is 12.5. The lowest BCUT2D eigenvalue weighted by atomic mass is 10.0. The Morgan fingerprint density at radius 1 is 1.11 bits per heavy atom. The van der Waals surface area contributed by atoms with E-state index >= 15 is 0 Å². The number of nitrogens with one attached hydrogen (secondary N) is 1. The highest BCUT2D eigenvalue weighted by Gasteiger charge is 2.06. The van der Waals surface area contributed by atoms with Gasteiger partial charge in [0.15, 0.2) is 0 Å². The van der Waals surface area contributed by atoms with Crippen LogP contribution in [0.3, 0.4) is 0 Å². The number of hydrogen-bond donors (Lipinski definition) is 2. The number of carbonyl (C=O) groups is 1. The van der Waals surface area contributed by atoms with Crippen molar-refractivity contribution in [1.82, 2.24) is 20.6 Å². The van der Waals surface area contributed by atoms with E-state index in [4.69, 9.17) is 5.11 Å². The van der Waals surface area contributed by atoms with Crippen molar-refractivity contribution in [3.05, 3.63) is 42.0 Å². The van der Waals surface area contributed by atoms with Crippen molar-refractivity contribution < 1.29 is 9.90 Å². The Labute approximate surface area is 101 Å². The monoisotopic (exact) mass is 240 g/mol. The number of aromatic carboxylic acids is 1. The summed E-state index contributed by atoms with van der Waals surface area (Å²) >= 11 is 0. The van der Waals surface area contributed by atoms with Gasteiger partial charge in [0.05, 0.1) is 5.56 Å². The smallest absolute Gasteiger partial charge is 0.335 e. The molecule has 0 saturated carbocycles. The average Bonchev–Trinajstić information content (AvgIpc) is 2.91. The molecule has 0 amide bonds. The van der Waals surface area contributed by atoms with Crippen LogP contribution in [0, 0.1) is 0 Å². The lowest BCUT2D eigenvalue weighted by molar-refractivity contribution is 0.0697. The first kappa shape index (κ1) is 10.4. The van der Waals surface area contributed by atoms with E-state index in [1.165, 1.54) is 0 Å². The number of aromatic amines is 1. The molecule has 3 aromatic rings. The number of nitrogens with zero attached hydrogens (tertiary/aromatic N) is 3. The lowest BCUT2D eigenvalue weighted by Gasteiger charge is -2.01. The molecule has 0 atom stereocenters. The maximum absolute atomic E-state index is 10.9. The van der Waals surface area contributed by atoms with Gasteiger partial charge in [0, 0.05) is 5.56 Å². The second-order valence-electron chi connectivity index (χ2n) is 3.82. The molecule has 18 heavy (non-hydrogen) atoms. The number of carboxylic acid groups (broad SMARTS) is 1. The van der Waals surface area contributed by atoms with E-state index in [1.807, 2.05) is 18.2 Å². The van der Waals surface area contributed by atoms with Gasteiger partial charge in [-0.15, -0.1) is 10.2 Å². The summed E-state index contributed by atoms with van der Waals surface area (Å²) in [5.41, 5.74) is 1.11. The van der Waals surface area contributed by atoms with Gasteiger partial charge in [0.1, 0.15) is 0 Å². The second-order valence-corrected chi connectivity index (χ2v) is 3.82. The molecule has 6 heteroatoms. The Morgan fingerprint density at radius 3 is 2.61 bits per heavy atom. The van der Waals surface area contributed by atoms with Gasteiger partial charge in [-0.1, -0.05) is 18.2 Å². The number of fused-ring (bicyclic) bond motifs is 1. The fourth-order valence-electron chi connectivity index (χ4n) is 1.80. The Hall–Kier alpha value is -2.76. The maximum Gasteiger partial charge on any atom is 0.335 e. The van der Waals surface area contributed by atoms with Crippen molar-refractivity contribution >= 4 is 16.7 Å². The molecule has 0 radical (unpaired) electrons. The third kappa shape index (κ3) is 1.69. The maximum atomic E-state index is 10.9. The van der Waals surface area contributed by atoms with Crippen molar-refractivity contribution in [2.24, 2.45) is 0 Å². The van der Waals surface area contributed by atoms with E-state index < -0.39 is 5.97 Å². The molecule has 0 unspecified atom stereocenters. The summed E-state index contributed by atoms with van der Waals surface area (Å²) < 4.78 is 0. The molecule has 0 bridgehead atoms. The average molecular weight is 240 g/mol. The number of aromatic nitrogens is 4. The number of benzene rings is 2. The third-order valence-corrected chi connectivity index (χ3v) is 2.69. The summed E-state index contributed by atoms with van der Waals surface area (Å²) in [6.45, 7) is 0. The van der Waals surface area contributed by atoms with Crippen LogP contribution < -0.4 is 0 Å². The molecule has 0 aliphatic carbocycles. The van der Waals surface area contributed by atoms with E-state index in [2.05, 4.69) is 20.6 Å². The molecule has 0 fully saturated rings. The minimum absolute atomic E-state index is 0.273. The van der Waals surface area contributed by atoms with E-state index in [-0.39, 0.29) is 5.56 Å². The van der Waals surface area contributed by atoms with Gasteiger partial charge in [0.2, 0.25) is 5.82 Å². The molecule has 2 N–H and O–H groups in total. The van der Waals surface area contributed by atoms with Crippen LogP contribution in [0.5, 0.6) is 0 Å². The van der Waals surface area contributed by atoms with Crippen LogP contribution in [-0.4, -0.2) is 31.7 Å². The molecule has 1 aromatic heterocycles. The zero-order valence-electron chi connectivity index (χ0n) is 9.16. The van der Waals surface area contributed by atoms with Gasteiger partial charge >= 0.3 is 5.97 Å². The van der Waals surface area contributed by atoms with Gasteiger partial charge in [-0.3, -0.25) is 0 Å². The van der Waals surface area contributed by atoms with Crippen LogP contribution in [0.1, 0.15) is 10.4 Å². The lowest BCUT2D eigenvalue weighted by Crippen LogP contribution is -1.95. The van der Waals surface area contributed by atoms with E-state index in [0.29, 0.717) is 5.82 Å². The number of rotatable bonds is 2. The summed E-state index contributed by atoms with van der Waals surface area (Å²) in [7, 11) is 0. The molecule has 3 rings (SSSR count). The van der Waals surface area contributed by atoms with Crippen LogP contribution in [-0.2, 0) is 0 Å². The standard InChI is InChI=1S/C12H8N4O2/c17-12(18)10-4-2-7-5-9(3-1-8(7)6-10)11-13-15-16-14-11/h1-6H,(H,17,18)(H,13,14,15,16). The molecule has 6 nitrogen and oxygen atoms in total. The van der Waals surface area contributed by atoms with Crippen molar-refractivity contribution in [2.45, 2.75) is 0 Å². The molecule has 2 aromatic carbocycles. The van der Waals surface area contributed by atoms with Crippen LogP contribution in [0.25, 0.3) is 22.2 Å². The summed E-state index contributed by atoms with van der Waals surface area (Å²) in [6, 6.07) is 10.5. The minimum atomic E-state index is -0.931. The minimum Gasteiger partial charge on any atom is -0.478 e. The number of tetrazole rings is 1. The fourth-order valence-corrected chi connectivity index (χ4v) is 1.80. The molecule has 0 spiro atoms. The van der Waals surface area contributed by atoms with E-state index in [9.17, 15) is 4.79 Å². The third-order valence-electron chi connectivity index (χ3n) is 2.69. The van der Waals surface area contributed by atoms with E-state index in [1.54, 1.807) is 18.2 Å². The first-order chi connectivity index (χ1) is 8.74. The zero-order valence-corrected chi connectivity index (χ0v) is 9.16. The van der Waals surface area contributed by atoms with Gasteiger partial charge in [-0.05, 0) is 34.2 Å². The molecular formula is C12H8N4O2. The molecule has 0 aliphatic rings. The Kier molecular flexibility index (Phi) is 2.26. The highest BCUT2D eigenvalue weighted by Crippen LogP contribution is 2.22. The van der Waals surface area contributed by atoms with Crippen molar-refractivity contribution in [3.8, 4) is 11.4 Å². The van der Waals surface area contributed by atoms with E-state index in [0.717, 1.165) is 16.3 Å².